The summed E-state index contributed by atoms with van der Waals surface area (Å²) in [6, 6.07) is 2.11. The summed E-state index contributed by atoms with van der Waals surface area (Å²) in [5.41, 5.74) is 0. The third kappa shape index (κ3) is 4.88. The minimum absolute atomic E-state index is 0.254. The van der Waals surface area contributed by atoms with Crippen LogP contribution in [0.5, 0.6) is 0 Å². The van der Waals surface area contributed by atoms with Gasteiger partial charge in [-0.2, -0.15) is 0 Å². The molecule has 0 aromatic rings. The van der Waals surface area contributed by atoms with Crippen LogP contribution in [0.2, 0.25) is 18.6 Å². The van der Waals surface area contributed by atoms with Crippen molar-refractivity contribution in [1.82, 2.24) is 0 Å². The Morgan fingerprint density at radius 1 is 1.38 bits per heavy atom. The van der Waals surface area contributed by atoms with Gasteiger partial charge in [-0.25, -0.2) is 4.79 Å². The molecule has 0 radical (unpaired) electrons. The lowest BCUT2D eigenvalue weighted by Gasteiger charge is -2.25. The highest BCUT2D eigenvalue weighted by Crippen LogP contribution is 2.21. The lowest BCUT2D eigenvalue weighted by Crippen LogP contribution is -2.35. The molecule has 0 aromatic carbocycles. The fourth-order valence-corrected chi connectivity index (χ4v) is 4.71. The van der Waals surface area contributed by atoms with Crippen molar-refractivity contribution in [3.63, 3.8) is 0 Å². The van der Waals surface area contributed by atoms with Crippen LogP contribution in [-0.2, 0) is 9.22 Å². The SMILES string of the molecule is C=CC(=O)O[Si](C)(CCC)CCC. The maximum absolute atomic E-state index is 11.1. The van der Waals surface area contributed by atoms with Gasteiger partial charge in [0.2, 0.25) is 0 Å². The molecule has 0 aromatic heterocycles. The van der Waals surface area contributed by atoms with Crippen LogP contribution in [0.15, 0.2) is 12.7 Å². The van der Waals surface area contributed by atoms with Gasteiger partial charge >= 0.3 is 5.97 Å². The van der Waals surface area contributed by atoms with Gasteiger partial charge in [0.1, 0.15) is 0 Å². The number of carbonyl (C=O) groups excluding carboxylic acids is 1. The molecular formula is C10H20O2Si. The van der Waals surface area contributed by atoms with E-state index in [-0.39, 0.29) is 5.97 Å². The highest BCUT2D eigenvalue weighted by atomic mass is 28.4. The molecule has 0 spiro atoms. The van der Waals surface area contributed by atoms with Crippen LogP contribution in [0.25, 0.3) is 0 Å². The quantitative estimate of drug-likeness (QED) is 0.486. The first-order valence-corrected chi connectivity index (χ1v) is 7.75. The lowest BCUT2D eigenvalue weighted by molar-refractivity contribution is -0.129. The van der Waals surface area contributed by atoms with Crippen LogP contribution in [0.4, 0.5) is 0 Å². The van der Waals surface area contributed by atoms with Gasteiger partial charge in [0.05, 0.1) is 0 Å². The Hall–Kier alpha value is -0.573. The Morgan fingerprint density at radius 2 is 1.85 bits per heavy atom. The predicted octanol–water partition coefficient (Wildman–Crippen LogP) is 3.11. The van der Waals surface area contributed by atoms with Gasteiger partial charge in [0, 0.05) is 6.08 Å². The number of hydrogen-bond acceptors (Lipinski definition) is 2. The van der Waals surface area contributed by atoms with E-state index in [1.165, 1.54) is 6.08 Å². The Balaban J connectivity index is 4.21. The summed E-state index contributed by atoms with van der Waals surface area (Å²) < 4.78 is 5.45. The van der Waals surface area contributed by atoms with E-state index in [2.05, 4.69) is 27.0 Å². The second kappa shape index (κ2) is 5.97. The zero-order valence-electron chi connectivity index (χ0n) is 8.93. The summed E-state index contributed by atoms with van der Waals surface area (Å²) >= 11 is 0. The molecular weight excluding hydrogens is 180 g/mol. The Kier molecular flexibility index (Phi) is 5.71. The molecule has 0 N–H and O–H groups in total. The van der Waals surface area contributed by atoms with Crippen LogP contribution in [-0.4, -0.2) is 14.3 Å². The van der Waals surface area contributed by atoms with Crippen molar-refractivity contribution in [2.75, 3.05) is 0 Å². The summed E-state index contributed by atoms with van der Waals surface area (Å²) in [6.07, 6.45) is 3.44. The van der Waals surface area contributed by atoms with Gasteiger partial charge in [-0.3, -0.25) is 0 Å². The molecule has 0 heterocycles. The third-order valence-electron chi connectivity index (χ3n) is 2.07. The van der Waals surface area contributed by atoms with E-state index in [4.69, 9.17) is 4.43 Å². The van der Waals surface area contributed by atoms with Gasteiger partial charge < -0.3 is 4.43 Å². The summed E-state index contributed by atoms with van der Waals surface area (Å²) in [5, 5.41) is 0. The van der Waals surface area contributed by atoms with E-state index in [1.54, 1.807) is 0 Å². The molecule has 0 aliphatic carbocycles. The molecule has 0 fully saturated rings. The first kappa shape index (κ1) is 12.4. The van der Waals surface area contributed by atoms with Crippen LogP contribution in [0, 0.1) is 0 Å². The number of rotatable bonds is 6. The first-order valence-electron chi connectivity index (χ1n) is 4.93. The van der Waals surface area contributed by atoms with Crippen molar-refractivity contribution in [2.24, 2.45) is 0 Å². The second-order valence-corrected chi connectivity index (χ2v) is 7.68. The molecule has 0 bridgehead atoms. The van der Waals surface area contributed by atoms with Crippen molar-refractivity contribution in [3.05, 3.63) is 12.7 Å². The Bertz CT molecular complexity index is 172. The van der Waals surface area contributed by atoms with E-state index >= 15 is 0 Å². The average Bonchev–Trinajstić information content (AvgIpc) is 2.04. The summed E-state index contributed by atoms with van der Waals surface area (Å²) in [5.74, 6) is -0.254. The molecule has 0 saturated carbocycles. The predicted molar refractivity (Wildman–Crippen MR) is 58.1 cm³/mol. The van der Waals surface area contributed by atoms with Gasteiger partial charge in [-0.05, 0) is 18.6 Å². The standard InChI is InChI=1S/C10H20O2Si/c1-5-8-13(4,9-6-2)12-10(11)7-3/h7H,3,5-6,8-9H2,1-2,4H3. The highest BCUT2D eigenvalue weighted by Gasteiger charge is 2.30. The molecule has 0 rings (SSSR count). The number of hydrogen-bond donors (Lipinski definition) is 0. The summed E-state index contributed by atoms with van der Waals surface area (Å²) in [6.45, 7) is 9.79. The lowest BCUT2D eigenvalue weighted by atomic mass is 10.6. The Labute approximate surface area is 82.1 Å². The maximum Gasteiger partial charge on any atom is 0.316 e. The van der Waals surface area contributed by atoms with Gasteiger partial charge in [0.25, 0.3) is 8.32 Å². The minimum Gasteiger partial charge on any atom is -0.516 e. The second-order valence-electron chi connectivity index (χ2n) is 3.58. The molecule has 0 atom stereocenters. The topological polar surface area (TPSA) is 26.3 Å². The molecule has 3 heteroatoms. The van der Waals surface area contributed by atoms with E-state index in [9.17, 15) is 4.79 Å². The van der Waals surface area contributed by atoms with Crippen LogP contribution >= 0.6 is 0 Å². The van der Waals surface area contributed by atoms with Crippen molar-refractivity contribution < 1.29 is 9.22 Å². The van der Waals surface area contributed by atoms with Crippen LogP contribution in [0.1, 0.15) is 26.7 Å². The molecule has 76 valence electrons. The van der Waals surface area contributed by atoms with Gasteiger partial charge in [0.15, 0.2) is 0 Å². The molecule has 0 amide bonds. The smallest absolute Gasteiger partial charge is 0.316 e. The van der Waals surface area contributed by atoms with E-state index in [0.29, 0.717) is 0 Å². The highest BCUT2D eigenvalue weighted by molar-refractivity contribution is 6.74. The van der Waals surface area contributed by atoms with Crippen molar-refractivity contribution in [1.29, 1.82) is 0 Å². The molecule has 0 unspecified atom stereocenters. The third-order valence-corrected chi connectivity index (χ3v) is 5.88. The maximum atomic E-state index is 11.1. The average molecular weight is 200 g/mol. The molecule has 0 saturated heterocycles. The minimum atomic E-state index is -1.75. The largest absolute Gasteiger partial charge is 0.516 e. The van der Waals surface area contributed by atoms with Gasteiger partial charge in [-0.15, -0.1) is 0 Å². The van der Waals surface area contributed by atoms with Crippen molar-refractivity contribution >= 4 is 14.3 Å². The van der Waals surface area contributed by atoms with E-state index < -0.39 is 8.32 Å². The van der Waals surface area contributed by atoms with E-state index in [1.807, 2.05) is 0 Å². The zero-order chi connectivity index (χ0) is 10.3. The molecule has 13 heavy (non-hydrogen) atoms. The molecule has 0 aliphatic rings. The number of carbonyl (C=O) groups is 1. The van der Waals surface area contributed by atoms with E-state index in [0.717, 1.165) is 24.9 Å². The fourth-order valence-electron chi connectivity index (χ4n) is 1.57. The monoisotopic (exact) mass is 200 g/mol. The summed E-state index contributed by atoms with van der Waals surface area (Å²) in [4.78, 5) is 11.1. The fraction of sp³-hybridized carbons (Fsp3) is 0.700. The van der Waals surface area contributed by atoms with Crippen LogP contribution in [0.3, 0.4) is 0 Å². The van der Waals surface area contributed by atoms with Crippen LogP contribution < -0.4 is 0 Å². The zero-order valence-corrected chi connectivity index (χ0v) is 9.93. The molecule has 0 aliphatic heterocycles. The first-order chi connectivity index (χ1) is 6.08. The summed E-state index contributed by atoms with van der Waals surface area (Å²) in [7, 11) is -1.75. The van der Waals surface area contributed by atoms with Crippen molar-refractivity contribution in [3.8, 4) is 0 Å². The van der Waals surface area contributed by atoms with Gasteiger partial charge in [-0.1, -0.05) is 33.3 Å². The Morgan fingerprint density at radius 3 is 2.15 bits per heavy atom. The van der Waals surface area contributed by atoms with Crippen molar-refractivity contribution in [2.45, 2.75) is 45.3 Å². The molecule has 2 nitrogen and oxygen atoms in total. The normalized spacial score (nSPS) is 11.0.